The molecule has 0 unspecified atom stereocenters. The Kier molecular flexibility index (Phi) is 2.05. The average molecular weight is 190 g/mol. The van der Waals surface area contributed by atoms with Gasteiger partial charge in [0.05, 0.1) is 12.3 Å². The maximum Gasteiger partial charge on any atom is 0.258 e. The van der Waals surface area contributed by atoms with E-state index < -0.39 is 0 Å². The van der Waals surface area contributed by atoms with Crippen LogP contribution in [0.1, 0.15) is 11.4 Å². The van der Waals surface area contributed by atoms with E-state index in [-0.39, 0.29) is 12.2 Å². The fraction of sp³-hybridized carbons (Fsp3) is 0.200. The molecule has 0 fully saturated rings. The molecule has 0 aliphatic rings. The zero-order valence-corrected chi connectivity index (χ0v) is 7.77. The molecule has 0 aromatic carbocycles. The fourth-order valence-corrected chi connectivity index (χ4v) is 1.44. The van der Waals surface area contributed by atoms with E-state index in [9.17, 15) is 4.79 Å². The summed E-state index contributed by atoms with van der Waals surface area (Å²) in [7, 11) is 0. The van der Waals surface area contributed by atoms with Gasteiger partial charge in [0.15, 0.2) is 0 Å². The number of hydrogen-bond acceptors (Lipinski definition) is 3. The first-order chi connectivity index (χ1) is 6.72. The average Bonchev–Trinajstić information content (AvgIpc) is 2.17. The Balaban J connectivity index is 2.90. The highest BCUT2D eigenvalue weighted by molar-refractivity contribution is 5.40. The Morgan fingerprint density at radius 3 is 3.00 bits per heavy atom. The fourth-order valence-electron chi connectivity index (χ4n) is 1.44. The second-order valence-electron chi connectivity index (χ2n) is 3.10. The molecule has 1 N–H and O–H groups in total. The van der Waals surface area contributed by atoms with E-state index >= 15 is 0 Å². The van der Waals surface area contributed by atoms with Crippen molar-refractivity contribution in [3.05, 3.63) is 46.0 Å². The van der Waals surface area contributed by atoms with Crippen molar-refractivity contribution in [2.45, 2.75) is 13.5 Å². The number of rotatable bonds is 1. The van der Waals surface area contributed by atoms with E-state index in [0.29, 0.717) is 11.3 Å². The molecule has 4 nitrogen and oxygen atoms in total. The van der Waals surface area contributed by atoms with Gasteiger partial charge in [0.25, 0.3) is 5.56 Å². The molecule has 0 saturated carbocycles. The van der Waals surface area contributed by atoms with Gasteiger partial charge in [-0.25, -0.2) is 4.98 Å². The number of hydrogen-bond donors (Lipinski definition) is 1. The molecule has 2 heterocycles. The highest BCUT2D eigenvalue weighted by atomic mass is 16.3. The van der Waals surface area contributed by atoms with Gasteiger partial charge >= 0.3 is 0 Å². The zero-order chi connectivity index (χ0) is 10.1. The third-order valence-corrected chi connectivity index (χ3v) is 2.10. The molecule has 0 aliphatic carbocycles. The van der Waals surface area contributed by atoms with Crippen molar-refractivity contribution in [2.24, 2.45) is 0 Å². The van der Waals surface area contributed by atoms with Gasteiger partial charge in [0, 0.05) is 11.8 Å². The molecular formula is C10H10N2O2. The van der Waals surface area contributed by atoms with Crippen LogP contribution in [0.25, 0.3) is 5.65 Å². The number of fused-ring (bicyclic) bond motifs is 1. The van der Waals surface area contributed by atoms with E-state index in [2.05, 4.69) is 4.98 Å². The third-order valence-electron chi connectivity index (χ3n) is 2.10. The molecule has 14 heavy (non-hydrogen) atoms. The zero-order valence-electron chi connectivity index (χ0n) is 7.77. The summed E-state index contributed by atoms with van der Waals surface area (Å²) in [6, 6.07) is 6.76. The van der Waals surface area contributed by atoms with Gasteiger partial charge in [-0.05, 0) is 19.1 Å². The van der Waals surface area contributed by atoms with Crippen molar-refractivity contribution in [2.75, 3.05) is 0 Å². The molecular weight excluding hydrogens is 180 g/mol. The molecule has 0 aliphatic heterocycles. The lowest BCUT2D eigenvalue weighted by atomic mass is 10.3. The molecule has 2 aromatic heterocycles. The third kappa shape index (κ3) is 1.29. The SMILES string of the molecule is Cc1cccc2nc(CO)cc(=O)n12. The van der Waals surface area contributed by atoms with Crippen LogP contribution in [0.2, 0.25) is 0 Å². The summed E-state index contributed by atoms with van der Waals surface area (Å²) < 4.78 is 1.51. The lowest BCUT2D eigenvalue weighted by Gasteiger charge is -2.04. The summed E-state index contributed by atoms with van der Waals surface area (Å²) in [5.41, 5.74) is 1.66. The summed E-state index contributed by atoms with van der Waals surface area (Å²) >= 11 is 0. The van der Waals surface area contributed by atoms with E-state index in [0.717, 1.165) is 5.69 Å². The van der Waals surface area contributed by atoms with Gasteiger partial charge in [-0.15, -0.1) is 0 Å². The molecule has 0 amide bonds. The van der Waals surface area contributed by atoms with Crippen LogP contribution < -0.4 is 5.56 Å². The number of aryl methyl sites for hydroxylation is 1. The van der Waals surface area contributed by atoms with Crippen LogP contribution in [-0.4, -0.2) is 14.5 Å². The smallest absolute Gasteiger partial charge is 0.258 e. The summed E-state index contributed by atoms with van der Waals surface area (Å²) in [5.74, 6) is 0. The Bertz CT molecular complexity index is 531. The lowest BCUT2D eigenvalue weighted by molar-refractivity contribution is 0.277. The second-order valence-corrected chi connectivity index (χ2v) is 3.10. The van der Waals surface area contributed by atoms with Gasteiger partial charge in [0.1, 0.15) is 5.65 Å². The van der Waals surface area contributed by atoms with Crippen molar-refractivity contribution >= 4 is 5.65 Å². The minimum Gasteiger partial charge on any atom is -0.390 e. The van der Waals surface area contributed by atoms with Crippen LogP contribution in [0.3, 0.4) is 0 Å². The normalized spacial score (nSPS) is 10.7. The summed E-state index contributed by atoms with van der Waals surface area (Å²) in [4.78, 5) is 15.7. The number of nitrogens with zero attached hydrogens (tertiary/aromatic N) is 2. The van der Waals surface area contributed by atoms with Gasteiger partial charge in [-0.1, -0.05) is 6.07 Å². The highest BCUT2D eigenvalue weighted by Gasteiger charge is 2.02. The molecule has 72 valence electrons. The van der Waals surface area contributed by atoms with Crippen LogP contribution in [0, 0.1) is 6.92 Å². The first kappa shape index (κ1) is 8.90. The van der Waals surface area contributed by atoms with Crippen LogP contribution in [0.4, 0.5) is 0 Å². The Hall–Kier alpha value is -1.68. The second kappa shape index (κ2) is 3.23. The molecule has 2 rings (SSSR count). The summed E-state index contributed by atoms with van der Waals surface area (Å²) in [5, 5.41) is 8.88. The topological polar surface area (TPSA) is 54.6 Å². The quantitative estimate of drug-likeness (QED) is 0.712. The van der Waals surface area contributed by atoms with Crippen molar-refractivity contribution in [1.82, 2.24) is 9.38 Å². The minimum absolute atomic E-state index is 0.155. The van der Waals surface area contributed by atoms with Crippen LogP contribution in [0.15, 0.2) is 29.1 Å². The minimum atomic E-state index is -0.209. The predicted octanol–water partition coefficient (Wildman–Crippen LogP) is 0.495. The van der Waals surface area contributed by atoms with Crippen molar-refractivity contribution in [3.8, 4) is 0 Å². The highest BCUT2D eigenvalue weighted by Crippen LogP contribution is 2.02. The van der Waals surface area contributed by atoms with E-state index in [4.69, 9.17) is 5.11 Å². The molecule has 0 bridgehead atoms. The molecule has 0 radical (unpaired) electrons. The first-order valence-corrected chi connectivity index (χ1v) is 4.31. The van der Waals surface area contributed by atoms with Gasteiger partial charge in [-0.3, -0.25) is 9.20 Å². The first-order valence-electron chi connectivity index (χ1n) is 4.31. The van der Waals surface area contributed by atoms with E-state index in [1.807, 2.05) is 19.1 Å². The monoisotopic (exact) mass is 190 g/mol. The lowest BCUT2D eigenvalue weighted by Crippen LogP contribution is -2.17. The van der Waals surface area contributed by atoms with Crippen LogP contribution in [-0.2, 0) is 6.61 Å². The molecule has 4 heteroatoms. The predicted molar refractivity (Wildman–Crippen MR) is 52.1 cm³/mol. The Labute approximate surface area is 80.5 Å². The van der Waals surface area contributed by atoms with E-state index in [1.165, 1.54) is 10.5 Å². The largest absolute Gasteiger partial charge is 0.390 e. The molecule has 0 spiro atoms. The maximum absolute atomic E-state index is 11.6. The van der Waals surface area contributed by atoms with Gasteiger partial charge in [0.2, 0.25) is 0 Å². The van der Waals surface area contributed by atoms with Crippen LogP contribution >= 0.6 is 0 Å². The molecule has 0 atom stereocenters. The van der Waals surface area contributed by atoms with Crippen molar-refractivity contribution in [1.29, 1.82) is 0 Å². The number of pyridine rings is 1. The van der Waals surface area contributed by atoms with Gasteiger partial charge < -0.3 is 5.11 Å². The van der Waals surface area contributed by atoms with Crippen LogP contribution in [0.5, 0.6) is 0 Å². The summed E-state index contributed by atoms with van der Waals surface area (Å²) in [6.45, 7) is 1.63. The number of aliphatic hydroxyl groups is 1. The maximum atomic E-state index is 11.6. The van der Waals surface area contributed by atoms with E-state index in [1.54, 1.807) is 6.07 Å². The Morgan fingerprint density at radius 1 is 1.50 bits per heavy atom. The standard InChI is InChI=1S/C10H10N2O2/c1-7-3-2-4-9-11-8(6-13)5-10(14)12(7)9/h2-5,13H,6H2,1H3. The molecule has 0 saturated heterocycles. The Morgan fingerprint density at radius 2 is 2.29 bits per heavy atom. The van der Waals surface area contributed by atoms with Crippen molar-refractivity contribution in [3.63, 3.8) is 0 Å². The molecule has 2 aromatic rings. The number of aliphatic hydroxyl groups excluding tert-OH is 1. The number of aromatic nitrogens is 2. The summed E-state index contributed by atoms with van der Waals surface area (Å²) in [6.07, 6.45) is 0. The van der Waals surface area contributed by atoms with Crippen molar-refractivity contribution < 1.29 is 5.11 Å². The van der Waals surface area contributed by atoms with Gasteiger partial charge in [-0.2, -0.15) is 0 Å².